The van der Waals surface area contributed by atoms with Crippen LogP contribution in [0.25, 0.3) is 0 Å². The Morgan fingerprint density at radius 2 is 1.56 bits per heavy atom. The van der Waals surface area contributed by atoms with Gasteiger partial charge in [0.05, 0.1) is 11.5 Å². The Morgan fingerprint density at radius 1 is 1.06 bits per heavy atom. The average Bonchev–Trinajstić information content (AvgIpc) is 2.16. The molecule has 1 aromatic carbocycles. The number of allylic oxidation sites excluding steroid dienone is 2. The molecule has 0 spiro atoms. The van der Waals surface area contributed by atoms with Crippen molar-refractivity contribution >= 4 is 9.28 Å². The number of hydrogen-bond donors (Lipinski definition) is 0. The van der Waals surface area contributed by atoms with Crippen molar-refractivity contribution in [1.82, 2.24) is 0 Å². The van der Waals surface area contributed by atoms with E-state index >= 15 is 0 Å². The molecule has 0 aliphatic rings. The van der Waals surface area contributed by atoms with Crippen LogP contribution in [0.15, 0.2) is 55.0 Å². The first-order valence-corrected chi connectivity index (χ1v) is 7.02. The third kappa shape index (κ3) is 4.84. The molecule has 0 saturated carbocycles. The van der Waals surface area contributed by atoms with Crippen molar-refractivity contribution in [3.05, 3.63) is 60.6 Å². The van der Waals surface area contributed by atoms with Crippen molar-refractivity contribution in [3.8, 4) is 0 Å². The fourth-order valence-corrected chi connectivity index (χ4v) is 3.13. The standard InChI is InChI=1S/C13H18O2Si/c1-11(2)14-16(15-12(3)4)10-13-8-6-5-7-9-13/h5-9,16H,1,3,10H2,2,4H3. The maximum absolute atomic E-state index is 5.63. The molecule has 0 saturated heterocycles. The molecule has 2 nitrogen and oxygen atoms in total. The van der Waals surface area contributed by atoms with Gasteiger partial charge in [-0.3, -0.25) is 0 Å². The van der Waals surface area contributed by atoms with E-state index < -0.39 is 9.28 Å². The van der Waals surface area contributed by atoms with Crippen molar-refractivity contribution in [1.29, 1.82) is 0 Å². The van der Waals surface area contributed by atoms with E-state index in [4.69, 9.17) is 8.85 Å². The average molecular weight is 234 g/mol. The Hall–Kier alpha value is -1.48. The van der Waals surface area contributed by atoms with Gasteiger partial charge in [0.15, 0.2) is 0 Å². The molecule has 0 aliphatic heterocycles. The summed E-state index contributed by atoms with van der Waals surface area (Å²) in [6.45, 7) is 11.2. The van der Waals surface area contributed by atoms with Gasteiger partial charge in [0, 0.05) is 6.04 Å². The zero-order valence-corrected chi connectivity index (χ0v) is 11.1. The summed E-state index contributed by atoms with van der Waals surface area (Å²) in [5.74, 6) is 1.41. The molecule has 0 radical (unpaired) electrons. The van der Waals surface area contributed by atoms with E-state index in [1.165, 1.54) is 5.56 Å². The van der Waals surface area contributed by atoms with Crippen LogP contribution in [0, 0.1) is 0 Å². The third-order valence-electron chi connectivity index (χ3n) is 1.91. The van der Waals surface area contributed by atoms with E-state index in [1.54, 1.807) is 0 Å². The van der Waals surface area contributed by atoms with Crippen molar-refractivity contribution < 1.29 is 8.85 Å². The molecule has 0 N–H and O–H groups in total. The Labute approximate surface area is 99.1 Å². The largest absolute Gasteiger partial charge is 0.518 e. The lowest BCUT2D eigenvalue weighted by atomic mass is 10.2. The van der Waals surface area contributed by atoms with Crippen LogP contribution in [0.1, 0.15) is 19.4 Å². The first-order valence-electron chi connectivity index (χ1n) is 5.26. The molecule has 3 heteroatoms. The number of hydrogen-bond acceptors (Lipinski definition) is 2. The first-order chi connectivity index (χ1) is 7.58. The Balaban J connectivity index is 2.63. The van der Waals surface area contributed by atoms with Gasteiger partial charge in [0.1, 0.15) is 0 Å². The minimum atomic E-state index is -1.78. The molecule has 86 valence electrons. The smallest absolute Gasteiger partial charge is 0.448 e. The molecule has 0 amide bonds. The minimum Gasteiger partial charge on any atom is -0.518 e. The van der Waals surface area contributed by atoms with Crippen molar-refractivity contribution in [3.63, 3.8) is 0 Å². The monoisotopic (exact) mass is 234 g/mol. The maximum Gasteiger partial charge on any atom is 0.448 e. The fourth-order valence-electron chi connectivity index (χ4n) is 1.36. The highest BCUT2D eigenvalue weighted by atomic mass is 28.3. The Kier molecular flexibility index (Phi) is 4.86. The molecule has 0 unspecified atom stereocenters. The topological polar surface area (TPSA) is 18.5 Å². The molecular formula is C13H18O2Si. The molecule has 0 heterocycles. The van der Waals surface area contributed by atoms with Crippen molar-refractivity contribution in [2.24, 2.45) is 0 Å². The lowest BCUT2D eigenvalue weighted by Crippen LogP contribution is -2.24. The lowest BCUT2D eigenvalue weighted by molar-refractivity contribution is 0.296. The molecule has 0 fully saturated rings. The summed E-state index contributed by atoms with van der Waals surface area (Å²) in [7, 11) is -1.78. The van der Waals surface area contributed by atoms with Crippen LogP contribution in [0.3, 0.4) is 0 Å². The quantitative estimate of drug-likeness (QED) is 0.556. The van der Waals surface area contributed by atoms with Gasteiger partial charge in [0.2, 0.25) is 0 Å². The SMILES string of the molecule is C=C(C)O[SiH](Cc1ccccc1)OC(=C)C. The molecule has 0 atom stereocenters. The third-order valence-corrected chi connectivity index (χ3v) is 4.05. The van der Waals surface area contributed by atoms with E-state index in [1.807, 2.05) is 32.0 Å². The molecular weight excluding hydrogens is 216 g/mol. The summed E-state index contributed by atoms with van der Waals surface area (Å²) in [6, 6.07) is 11.0. The summed E-state index contributed by atoms with van der Waals surface area (Å²) in [5, 5.41) is 0. The maximum atomic E-state index is 5.63. The summed E-state index contributed by atoms with van der Waals surface area (Å²) >= 11 is 0. The van der Waals surface area contributed by atoms with Gasteiger partial charge in [-0.05, 0) is 19.4 Å². The van der Waals surface area contributed by atoms with Crippen LogP contribution >= 0.6 is 0 Å². The van der Waals surface area contributed by atoms with E-state index in [0.29, 0.717) is 11.5 Å². The van der Waals surface area contributed by atoms with Gasteiger partial charge in [-0.25, -0.2) is 0 Å². The van der Waals surface area contributed by atoms with E-state index in [2.05, 4.69) is 25.3 Å². The Morgan fingerprint density at radius 3 is 2.00 bits per heavy atom. The van der Waals surface area contributed by atoms with Gasteiger partial charge < -0.3 is 8.85 Å². The van der Waals surface area contributed by atoms with Gasteiger partial charge in [-0.1, -0.05) is 43.5 Å². The van der Waals surface area contributed by atoms with Crippen molar-refractivity contribution in [2.75, 3.05) is 0 Å². The fraction of sp³-hybridized carbons (Fsp3) is 0.231. The molecule has 1 aromatic rings. The van der Waals surface area contributed by atoms with Crippen LogP contribution < -0.4 is 0 Å². The number of rotatable bonds is 6. The second-order valence-corrected chi connectivity index (χ2v) is 5.50. The normalized spacial score (nSPS) is 9.94. The van der Waals surface area contributed by atoms with Gasteiger partial charge >= 0.3 is 9.28 Å². The summed E-state index contributed by atoms with van der Waals surface area (Å²) < 4.78 is 11.3. The van der Waals surface area contributed by atoms with Crippen LogP contribution in [0.5, 0.6) is 0 Å². The number of benzene rings is 1. The zero-order chi connectivity index (χ0) is 12.0. The van der Waals surface area contributed by atoms with Crippen molar-refractivity contribution in [2.45, 2.75) is 19.9 Å². The van der Waals surface area contributed by atoms with Gasteiger partial charge in [-0.2, -0.15) is 0 Å². The van der Waals surface area contributed by atoms with E-state index in [-0.39, 0.29) is 0 Å². The molecule has 0 aliphatic carbocycles. The molecule has 0 aromatic heterocycles. The van der Waals surface area contributed by atoms with Crippen LogP contribution in [-0.2, 0) is 14.9 Å². The summed E-state index contributed by atoms with van der Waals surface area (Å²) in [6.07, 6.45) is 0. The lowest BCUT2D eigenvalue weighted by Gasteiger charge is -2.18. The van der Waals surface area contributed by atoms with Crippen LogP contribution in [0.2, 0.25) is 0 Å². The molecule has 0 bridgehead atoms. The zero-order valence-electron chi connectivity index (χ0n) is 9.90. The summed E-state index contributed by atoms with van der Waals surface area (Å²) in [4.78, 5) is 0. The predicted molar refractivity (Wildman–Crippen MR) is 69.1 cm³/mol. The predicted octanol–water partition coefficient (Wildman–Crippen LogP) is 3.09. The first kappa shape index (κ1) is 12.6. The summed E-state index contributed by atoms with van der Waals surface area (Å²) in [5.41, 5.74) is 1.22. The highest BCUT2D eigenvalue weighted by Gasteiger charge is 2.17. The van der Waals surface area contributed by atoms with Crippen LogP contribution in [-0.4, -0.2) is 9.28 Å². The minimum absolute atomic E-state index is 0.703. The van der Waals surface area contributed by atoms with Crippen LogP contribution in [0.4, 0.5) is 0 Å². The highest BCUT2D eigenvalue weighted by Crippen LogP contribution is 2.09. The Bertz CT molecular complexity index is 343. The molecule has 1 rings (SSSR count). The molecule has 16 heavy (non-hydrogen) atoms. The van der Waals surface area contributed by atoms with Gasteiger partial charge in [0.25, 0.3) is 0 Å². The highest BCUT2D eigenvalue weighted by molar-refractivity contribution is 6.44. The second kappa shape index (κ2) is 6.18. The van der Waals surface area contributed by atoms with E-state index in [0.717, 1.165) is 6.04 Å². The van der Waals surface area contributed by atoms with E-state index in [9.17, 15) is 0 Å². The van der Waals surface area contributed by atoms with Gasteiger partial charge in [-0.15, -0.1) is 0 Å². The second-order valence-electron chi connectivity index (χ2n) is 3.76.